The molecule has 0 spiro atoms. The normalized spacial score (nSPS) is 12.4. The van der Waals surface area contributed by atoms with Crippen LogP contribution in [0.5, 0.6) is 5.75 Å². The highest BCUT2D eigenvalue weighted by Gasteiger charge is 2.09. The molecule has 1 unspecified atom stereocenters. The number of ether oxygens (including phenoxy) is 1. The molecule has 0 bridgehead atoms. The number of hydrogen-bond donors (Lipinski definition) is 1. The molecule has 1 atom stereocenters. The van der Waals surface area contributed by atoms with Crippen molar-refractivity contribution >= 4 is 27.3 Å². The molecule has 0 amide bonds. The van der Waals surface area contributed by atoms with E-state index in [0.717, 1.165) is 25.7 Å². The van der Waals surface area contributed by atoms with E-state index in [0.29, 0.717) is 6.61 Å². The summed E-state index contributed by atoms with van der Waals surface area (Å²) in [6, 6.07) is 5.87. The Labute approximate surface area is 119 Å². The molecule has 0 saturated heterocycles. The van der Waals surface area contributed by atoms with Crippen LogP contribution in [0.3, 0.4) is 0 Å². The van der Waals surface area contributed by atoms with Gasteiger partial charge < -0.3 is 10.5 Å². The fourth-order valence-electron chi connectivity index (χ4n) is 1.63. The lowest BCUT2D eigenvalue weighted by Gasteiger charge is -2.13. The number of hydrogen-bond acceptors (Lipinski definition) is 4. The molecule has 3 nitrogen and oxygen atoms in total. The first-order valence-electron chi connectivity index (χ1n) is 5.65. The van der Waals surface area contributed by atoms with Crippen LogP contribution >= 0.6 is 27.3 Å². The number of aryl methyl sites for hydroxylation is 1. The van der Waals surface area contributed by atoms with Gasteiger partial charge >= 0.3 is 0 Å². The van der Waals surface area contributed by atoms with Crippen LogP contribution in [-0.2, 0) is 6.61 Å². The highest BCUT2D eigenvalue weighted by Crippen LogP contribution is 2.28. The van der Waals surface area contributed by atoms with E-state index in [1.807, 2.05) is 38.2 Å². The monoisotopic (exact) mass is 326 g/mol. The van der Waals surface area contributed by atoms with Crippen molar-refractivity contribution in [2.24, 2.45) is 5.73 Å². The van der Waals surface area contributed by atoms with Gasteiger partial charge in [-0.1, -0.05) is 22.0 Å². The van der Waals surface area contributed by atoms with E-state index in [2.05, 4.69) is 20.9 Å². The Morgan fingerprint density at radius 3 is 2.89 bits per heavy atom. The SMILES string of the molecule is Cc1ncc(COc2cc(Br)ccc2C(C)N)s1. The zero-order valence-electron chi connectivity index (χ0n) is 10.3. The molecule has 5 heteroatoms. The molecule has 1 aromatic carbocycles. The molecule has 0 saturated carbocycles. The molecule has 0 aliphatic rings. The van der Waals surface area contributed by atoms with Gasteiger partial charge in [0.05, 0.1) is 9.88 Å². The molecule has 2 N–H and O–H groups in total. The number of benzene rings is 1. The summed E-state index contributed by atoms with van der Waals surface area (Å²) in [4.78, 5) is 5.32. The predicted molar refractivity (Wildman–Crippen MR) is 77.9 cm³/mol. The Bertz CT molecular complexity index is 540. The maximum Gasteiger partial charge on any atom is 0.125 e. The quantitative estimate of drug-likeness (QED) is 0.929. The second kappa shape index (κ2) is 5.82. The lowest BCUT2D eigenvalue weighted by molar-refractivity contribution is 0.304. The summed E-state index contributed by atoms with van der Waals surface area (Å²) in [6.45, 7) is 4.47. The van der Waals surface area contributed by atoms with Crippen molar-refractivity contribution in [3.63, 3.8) is 0 Å². The molecule has 0 radical (unpaired) electrons. The first-order chi connectivity index (χ1) is 8.56. The van der Waals surface area contributed by atoms with Crippen LogP contribution in [0.2, 0.25) is 0 Å². The standard InChI is InChI=1S/C13H15BrN2OS/c1-8(15)12-4-3-10(14)5-13(12)17-7-11-6-16-9(2)18-11/h3-6,8H,7,15H2,1-2H3. The molecular formula is C13H15BrN2OS. The van der Waals surface area contributed by atoms with Gasteiger partial charge in [0.25, 0.3) is 0 Å². The van der Waals surface area contributed by atoms with Gasteiger partial charge in [0.1, 0.15) is 12.4 Å². The number of nitrogens with two attached hydrogens (primary N) is 1. The maximum absolute atomic E-state index is 5.93. The lowest BCUT2D eigenvalue weighted by Crippen LogP contribution is -2.07. The second-order valence-electron chi connectivity index (χ2n) is 4.11. The van der Waals surface area contributed by atoms with Gasteiger partial charge in [-0.3, -0.25) is 0 Å². The molecule has 0 aliphatic carbocycles. The Morgan fingerprint density at radius 2 is 2.28 bits per heavy atom. The van der Waals surface area contributed by atoms with E-state index in [1.165, 1.54) is 0 Å². The Balaban J connectivity index is 2.15. The van der Waals surface area contributed by atoms with Gasteiger partial charge in [0.15, 0.2) is 0 Å². The third-order valence-electron chi connectivity index (χ3n) is 2.51. The average Bonchev–Trinajstić information content (AvgIpc) is 2.72. The van der Waals surface area contributed by atoms with Gasteiger partial charge in [0, 0.05) is 22.3 Å². The number of aromatic nitrogens is 1. The van der Waals surface area contributed by atoms with Gasteiger partial charge in [-0.15, -0.1) is 11.3 Å². The van der Waals surface area contributed by atoms with Crippen molar-refractivity contribution < 1.29 is 4.74 Å². The number of thiazole rings is 1. The number of nitrogens with zero attached hydrogens (tertiary/aromatic N) is 1. The van der Waals surface area contributed by atoms with Crippen molar-refractivity contribution in [2.75, 3.05) is 0 Å². The molecule has 18 heavy (non-hydrogen) atoms. The first kappa shape index (κ1) is 13.5. The zero-order valence-corrected chi connectivity index (χ0v) is 12.7. The predicted octanol–water partition coefficient (Wildman–Crippen LogP) is 3.81. The second-order valence-corrected chi connectivity index (χ2v) is 6.34. The molecule has 1 heterocycles. The molecule has 96 valence electrons. The summed E-state index contributed by atoms with van der Waals surface area (Å²) in [7, 11) is 0. The van der Waals surface area contributed by atoms with Crippen molar-refractivity contribution in [3.05, 3.63) is 44.3 Å². The van der Waals surface area contributed by atoms with Crippen LogP contribution in [-0.4, -0.2) is 4.98 Å². The molecular weight excluding hydrogens is 312 g/mol. The maximum atomic E-state index is 5.93. The molecule has 1 aromatic heterocycles. The minimum atomic E-state index is -0.0451. The van der Waals surface area contributed by atoms with Crippen molar-refractivity contribution in [1.29, 1.82) is 0 Å². The Morgan fingerprint density at radius 1 is 1.50 bits per heavy atom. The number of rotatable bonds is 4. The fraction of sp³-hybridized carbons (Fsp3) is 0.308. The number of halogens is 1. The van der Waals surface area contributed by atoms with Crippen molar-refractivity contribution in [3.8, 4) is 5.75 Å². The third kappa shape index (κ3) is 3.31. The zero-order chi connectivity index (χ0) is 13.1. The van der Waals surface area contributed by atoms with Crippen molar-refractivity contribution in [2.45, 2.75) is 26.5 Å². The van der Waals surface area contributed by atoms with E-state index < -0.39 is 0 Å². The van der Waals surface area contributed by atoms with Crippen LogP contribution in [0.4, 0.5) is 0 Å². The van der Waals surface area contributed by atoms with E-state index in [-0.39, 0.29) is 6.04 Å². The van der Waals surface area contributed by atoms with Crippen LogP contribution in [0.1, 0.15) is 28.4 Å². The third-order valence-corrected chi connectivity index (χ3v) is 3.88. The highest BCUT2D eigenvalue weighted by atomic mass is 79.9. The summed E-state index contributed by atoms with van der Waals surface area (Å²) in [5.41, 5.74) is 6.95. The van der Waals surface area contributed by atoms with E-state index in [1.54, 1.807) is 11.3 Å². The summed E-state index contributed by atoms with van der Waals surface area (Å²) in [6.07, 6.45) is 1.85. The topological polar surface area (TPSA) is 48.1 Å². The van der Waals surface area contributed by atoms with Gasteiger partial charge in [-0.05, 0) is 26.0 Å². The van der Waals surface area contributed by atoms with Crippen LogP contribution in [0, 0.1) is 6.92 Å². The van der Waals surface area contributed by atoms with Gasteiger partial charge in [0.2, 0.25) is 0 Å². The van der Waals surface area contributed by atoms with E-state index in [4.69, 9.17) is 10.5 Å². The minimum absolute atomic E-state index is 0.0451. The first-order valence-corrected chi connectivity index (χ1v) is 7.26. The molecule has 2 aromatic rings. The molecule has 0 aliphatic heterocycles. The van der Waals surface area contributed by atoms with Crippen LogP contribution in [0.15, 0.2) is 28.9 Å². The molecule has 0 fully saturated rings. The van der Waals surface area contributed by atoms with E-state index in [9.17, 15) is 0 Å². The fourth-order valence-corrected chi connectivity index (χ4v) is 2.68. The average molecular weight is 327 g/mol. The van der Waals surface area contributed by atoms with Crippen LogP contribution in [0.25, 0.3) is 0 Å². The lowest BCUT2D eigenvalue weighted by atomic mass is 10.1. The van der Waals surface area contributed by atoms with Gasteiger partial charge in [-0.2, -0.15) is 0 Å². The summed E-state index contributed by atoms with van der Waals surface area (Å²) < 4.78 is 6.83. The minimum Gasteiger partial charge on any atom is -0.488 e. The Kier molecular flexibility index (Phi) is 4.37. The summed E-state index contributed by atoms with van der Waals surface area (Å²) in [5, 5.41) is 1.05. The summed E-state index contributed by atoms with van der Waals surface area (Å²) in [5.74, 6) is 0.824. The van der Waals surface area contributed by atoms with Crippen molar-refractivity contribution in [1.82, 2.24) is 4.98 Å². The summed E-state index contributed by atoms with van der Waals surface area (Å²) >= 11 is 5.09. The molecule has 2 rings (SSSR count). The smallest absolute Gasteiger partial charge is 0.125 e. The van der Waals surface area contributed by atoms with Gasteiger partial charge in [-0.25, -0.2) is 4.98 Å². The van der Waals surface area contributed by atoms with E-state index >= 15 is 0 Å². The Hall–Kier alpha value is -0.910. The van der Waals surface area contributed by atoms with Crippen LogP contribution < -0.4 is 10.5 Å². The largest absolute Gasteiger partial charge is 0.488 e. The highest BCUT2D eigenvalue weighted by molar-refractivity contribution is 9.10.